The van der Waals surface area contributed by atoms with E-state index >= 15 is 0 Å². The van der Waals surface area contributed by atoms with E-state index in [9.17, 15) is 9.90 Å². The zero-order valence-electron chi connectivity index (χ0n) is 19.7. The van der Waals surface area contributed by atoms with Crippen LogP contribution in [0.4, 0.5) is 5.82 Å². The average molecular weight is 469 g/mol. The maximum Gasteiger partial charge on any atom is 0.293 e. The number of hydrogen-bond donors (Lipinski definition) is 2. The number of pyridine rings is 2. The maximum atomic E-state index is 13.3. The molecule has 10 heteroatoms. The molecule has 0 bridgehead atoms. The first-order valence-corrected chi connectivity index (χ1v) is 11.7. The number of aliphatic hydroxyl groups is 1. The number of aromatic nitrogens is 4. The summed E-state index contributed by atoms with van der Waals surface area (Å²) >= 11 is 0. The van der Waals surface area contributed by atoms with Crippen molar-refractivity contribution in [1.82, 2.24) is 24.4 Å². The van der Waals surface area contributed by atoms with Gasteiger partial charge in [0, 0.05) is 68.9 Å². The molecule has 1 aliphatic heterocycles. The third kappa shape index (κ3) is 5.69. The molecule has 0 aliphatic carbocycles. The van der Waals surface area contributed by atoms with E-state index in [1.807, 2.05) is 12.1 Å². The van der Waals surface area contributed by atoms with Crippen LogP contribution in [0.5, 0.6) is 5.88 Å². The second-order valence-electron chi connectivity index (χ2n) is 8.36. The second-order valence-corrected chi connectivity index (χ2v) is 8.36. The third-order valence-corrected chi connectivity index (χ3v) is 5.86. The Kier molecular flexibility index (Phi) is 8.04. The number of β-amino-alcohol motifs (C(OH)–C–C–N with tert-alkyl or cyclic N) is 1. The number of nitrogens with one attached hydrogen (secondary N) is 1. The van der Waals surface area contributed by atoms with Crippen LogP contribution in [0.3, 0.4) is 0 Å². The lowest BCUT2D eigenvalue weighted by Gasteiger charge is -2.17. The minimum atomic E-state index is -0.265. The van der Waals surface area contributed by atoms with Gasteiger partial charge in [0.1, 0.15) is 0 Å². The van der Waals surface area contributed by atoms with Crippen molar-refractivity contribution in [1.29, 1.82) is 0 Å². The Morgan fingerprint density at radius 1 is 1.18 bits per heavy atom. The lowest BCUT2D eigenvalue weighted by molar-refractivity contribution is 0.127. The Hall–Kier alpha value is -3.08. The van der Waals surface area contributed by atoms with E-state index in [-0.39, 0.29) is 17.5 Å². The average Bonchev–Trinajstić information content (AvgIpc) is 3.28. The fraction of sp³-hybridized carbons (Fsp3) is 0.500. The van der Waals surface area contributed by atoms with Gasteiger partial charge < -0.3 is 19.9 Å². The van der Waals surface area contributed by atoms with Crippen molar-refractivity contribution in [3.05, 3.63) is 40.9 Å². The molecule has 4 heterocycles. The summed E-state index contributed by atoms with van der Waals surface area (Å²) in [5.41, 5.74) is 2.62. The fourth-order valence-corrected chi connectivity index (χ4v) is 4.04. The molecule has 2 N–H and O–H groups in total. The first-order chi connectivity index (χ1) is 16.6. The number of likely N-dealkylation sites (tertiary alicyclic amines) is 1. The van der Waals surface area contributed by atoms with E-state index in [0.29, 0.717) is 49.9 Å². The Morgan fingerprint density at radius 3 is 2.74 bits per heavy atom. The molecule has 1 unspecified atom stereocenters. The number of aliphatic hydroxyl groups excluding tert-OH is 1. The van der Waals surface area contributed by atoms with Gasteiger partial charge in [-0.05, 0) is 25.0 Å². The van der Waals surface area contributed by atoms with Crippen molar-refractivity contribution in [3.63, 3.8) is 0 Å². The molecule has 1 atom stereocenters. The summed E-state index contributed by atoms with van der Waals surface area (Å²) in [6, 6.07) is 5.60. The van der Waals surface area contributed by atoms with Crippen molar-refractivity contribution in [2.24, 2.45) is 0 Å². The minimum Gasteiger partial charge on any atom is -0.481 e. The molecule has 0 amide bonds. The zero-order valence-corrected chi connectivity index (χ0v) is 19.7. The summed E-state index contributed by atoms with van der Waals surface area (Å²) in [7, 11) is 1.57. The highest BCUT2D eigenvalue weighted by molar-refractivity contribution is 5.78. The van der Waals surface area contributed by atoms with Crippen molar-refractivity contribution >= 4 is 17.0 Å². The van der Waals surface area contributed by atoms with Gasteiger partial charge in [0.05, 0.1) is 25.3 Å². The van der Waals surface area contributed by atoms with Gasteiger partial charge in [-0.2, -0.15) is 0 Å². The molecule has 1 saturated heterocycles. The number of anilines is 1. The summed E-state index contributed by atoms with van der Waals surface area (Å²) in [5.74, 6) is 0.803. The summed E-state index contributed by atoms with van der Waals surface area (Å²) in [6.07, 6.45) is 4.89. The van der Waals surface area contributed by atoms with E-state index in [0.717, 1.165) is 37.1 Å². The van der Waals surface area contributed by atoms with E-state index in [2.05, 4.69) is 32.1 Å². The summed E-state index contributed by atoms with van der Waals surface area (Å²) < 4.78 is 12.5. The molecule has 1 fully saturated rings. The number of hydrogen-bond acceptors (Lipinski definition) is 9. The summed E-state index contributed by atoms with van der Waals surface area (Å²) in [6.45, 7) is 6.33. The number of fused-ring (bicyclic) bond motifs is 1. The Bertz CT molecular complexity index is 1150. The van der Waals surface area contributed by atoms with Crippen LogP contribution < -0.4 is 15.6 Å². The molecule has 182 valence electrons. The monoisotopic (exact) mass is 468 g/mol. The van der Waals surface area contributed by atoms with Gasteiger partial charge in [0.15, 0.2) is 11.5 Å². The van der Waals surface area contributed by atoms with Crippen LogP contribution in [0.15, 0.2) is 35.4 Å². The van der Waals surface area contributed by atoms with Crippen molar-refractivity contribution in [2.75, 3.05) is 51.8 Å². The van der Waals surface area contributed by atoms with Crippen LogP contribution in [0.2, 0.25) is 0 Å². The van der Waals surface area contributed by atoms with E-state index in [1.54, 1.807) is 30.1 Å². The molecule has 3 aromatic heterocycles. The van der Waals surface area contributed by atoms with Crippen LogP contribution in [0, 0.1) is 0 Å². The van der Waals surface area contributed by atoms with Gasteiger partial charge in [-0.3, -0.25) is 14.3 Å². The number of ether oxygens (including phenoxy) is 2. The Morgan fingerprint density at radius 2 is 2.03 bits per heavy atom. The van der Waals surface area contributed by atoms with Crippen molar-refractivity contribution in [3.8, 4) is 17.0 Å². The Balaban J connectivity index is 1.61. The molecule has 10 nitrogen and oxygen atoms in total. The first-order valence-electron chi connectivity index (χ1n) is 11.7. The molecular formula is C24H32N6O4. The molecule has 0 saturated carbocycles. The van der Waals surface area contributed by atoms with Crippen molar-refractivity contribution in [2.45, 2.75) is 32.4 Å². The van der Waals surface area contributed by atoms with Crippen LogP contribution in [-0.4, -0.2) is 82.1 Å². The SMILES string of the molecule is CCCOCCn1c(=O)c(NCCN2CCC(O)C2)nc2ncc(-c3ccc(OC)nc3)cc21. The van der Waals surface area contributed by atoms with Gasteiger partial charge in [-0.15, -0.1) is 0 Å². The summed E-state index contributed by atoms with van der Waals surface area (Å²) in [5, 5.41) is 12.9. The van der Waals surface area contributed by atoms with E-state index in [4.69, 9.17) is 9.47 Å². The molecule has 4 rings (SSSR count). The molecular weight excluding hydrogens is 436 g/mol. The smallest absolute Gasteiger partial charge is 0.293 e. The highest BCUT2D eigenvalue weighted by Crippen LogP contribution is 2.23. The summed E-state index contributed by atoms with van der Waals surface area (Å²) in [4.78, 5) is 28.8. The number of nitrogens with zero attached hydrogens (tertiary/aromatic N) is 5. The zero-order chi connectivity index (χ0) is 23.9. The molecule has 34 heavy (non-hydrogen) atoms. The minimum absolute atomic E-state index is 0.208. The van der Waals surface area contributed by atoms with Gasteiger partial charge in [-0.1, -0.05) is 6.92 Å². The predicted octanol–water partition coefficient (Wildman–Crippen LogP) is 1.77. The first kappa shape index (κ1) is 24.1. The fourth-order valence-electron chi connectivity index (χ4n) is 4.04. The molecule has 1 aliphatic rings. The molecule has 3 aromatic rings. The van der Waals surface area contributed by atoms with E-state index in [1.165, 1.54) is 0 Å². The van der Waals surface area contributed by atoms with Crippen LogP contribution in [-0.2, 0) is 11.3 Å². The molecule has 0 spiro atoms. The van der Waals surface area contributed by atoms with Gasteiger partial charge in [0.2, 0.25) is 5.88 Å². The van der Waals surface area contributed by atoms with Gasteiger partial charge in [-0.25, -0.2) is 15.0 Å². The van der Waals surface area contributed by atoms with Crippen LogP contribution >= 0.6 is 0 Å². The van der Waals surface area contributed by atoms with E-state index < -0.39 is 0 Å². The molecule has 0 radical (unpaired) electrons. The largest absolute Gasteiger partial charge is 0.481 e. The number of methoxy groups -OCH3 is 1. The van der Waals surface area contributed by atoms with Crippen LogP contribution in [0.1, 0.15) is 19.8 Å². The standard InChI is InChI=1S/C24H32N6O4/c1-3-11-34-12-10-30-20-13-18(17-4-5-21(33-2)26-14-17)15-27-22(20)28-23(24(30)32)25-7-9-29-8-6-19(31)16-29/h4-5,13-15,19,31H,3,6-12,16H2,1-2H3,(H,25,27,28). The van der Waals surface area contributed by atoms with Crippen LogP contribution in [0.25, 0.3) is 22.3 Å². The predicted molar refractivity (Wildman–Crippen MR) is 130 cm³/mol. The van der Waals surface area contributed by atoms with Crippen molar-refractivity contribution < 1.29 is 14.6 Å². The van der Waals surface area contributed by atoms with Gasteiger partial charge >= 0.3 is 0 Å². The second kappa shape index (κ2) is 11.4. The highest BCUT2D eigenvalue weighted by atomic mass is 16.5. The Labute approximate surface area is 198 Å². The lowest BCUT2D eigenvalue weighted by Crippen LogP contribution is -2.31. The normalized spacial score (nSPS) is 16.3. The van der Waals surface area contributed by atoms with Gasteiger partial charge in [0.25, 0.3) is 5.56 Å². The molecule has 0 aromatic carbocycles. The highest BCUT2D eigenvalue weighted by Gasteiger charge is 2.20. The lowest BCUT2D eigenvalue weighted by atomic mass is 10.1. The third-order valence-electron chi connectivity index (χ3n) is 5.86. The number of rotatable bonds is 11. The topological polar surface area (TPSA) is 115 Å². The maximum absolute atomic E-state index is 13.3. The quantitative estimate of drug-likeness (QED) is 0.406.